The second kappa shape index (κ2) is 13.9. The van der Waals surface area contributed by atoms with Gasteiger partial charge in [0.1, 0.15) is 5.82 Å². The van der Waals surface area contributed by atoms with Crippen LogP contribution in [0.5, 0.6) is 0 Å². The number of pyridine rings is 1. The fourth-order valence-corrected chi connectivity index (χ4v) is 5.86. The van der Waals surface area contributed by atoms with E-state index in [1.54, 1.807) is 0 Å². The number of aromatic nitrogens is 3. The van der Waals surface area contributed by atoms with Crippen LogP contribution in [0.15, 0.2) is 176 Å². The molecule has 8 aromatic rings. The molecule has 0 N–H and O–H groups in total. The number of nitrogens with zero attached hydrogens (tertiary/aromatic N) is 5. The van der Waals surface area contributed by atoms with Gasteiger partial charge in [0.15, 0.2) is 0 Å². The van der Waals surface area contributed by atoms with Gasteiger partial charge in [-0.05, 0) is 64.6 Å². The van der Waals surface area contributed by atoms with E-state index in [9.17, 15) is 0 Å². The molecule has 5 nitrogen and oxygen atoms in total. The molecule has 1 aliphatic heterocycles. The van der Waals surface area contributed by atoms with E-state index < -0.39 is 0 Å². The van der Waals surface area contributed by atoms with Crippen molar-refractivity contribution >= 4 is 45.1 Å². The summed E-state index contributed by atoms with van der Waals surface area (Å²) in [5.74, 6) is 1.69. The fraction of sp³-hybridized carbons (Fsp3) is 0. The molecule has 3 heterocycles. The van der Waals surface area contributed by atoms with Crippen LogP contribution < -0.4 is 4.90 Å². The number of benzene rings is 6. The molecule has 0 aliphatic carbocycles. The first-order valence-electron chi connectivity index (χ1n) is 15.6. The number of imidazole rings is 1. The molecule has 233 valence electrons. The first-order valence-corrected chi connectivity index (χ1v) is 15.6. The molecule has 2 aromatic heterocycles. The molecule has 0 fully saturated rings. The molecule has 0 bridgehead atoms. The van der Waals surface area contributed by atoms with E-state index in [1.807, 2.05) is 121 Å². The van der Waals surface area contributed by atoms with Crippen molar-refractivity contribution in [2.45, 2.75) is 0 Å². The molecule has 1 aliphatic rings. The molecule has 0 amide bonds. The number of hydrogen-bond donors (Lipinski definition) is 0. The molecule has 6 heteroatoms. The van der Waals surface area contributed by atoms with E-state index in [2.05, 4.69) is 75.1 Å². The zero-order valence-corrected chi connectivity index (χ0v) is 28.2. The first kappa shape index (κ1) is 30.8. The van der Waals surface area contributed by atoms with E-state index in [4.69, 9.17) is 10.3 Å². The van der Waals surface area contributed by atoms with Gasteiger partial charge in [-0.1, -0.05) is 121 Å². The van der Waals surface area contributed by atoms with Gasteiger partial charge in [-0.15, -0.1) is 35.9 Å². The van der Waals surface area contributed by atoms with Crippen molar-refractivity contribution < 1.29 is 20.1 Å². The molecule has 48 heavy (non-hydrogen) atoms. The maximum atomic E-state index is 4.94. The van der Waals surface area contributed by atoms with Crippen molar-refractivity contribution in [2.24, 2.45) is 0 Å². The SMILES string of the molecule is C(=C1/[N-]c2ccccc2N1c1ccccc1)/c1nc2ccccc2n1-c1ccccc1.[Ir].[c-]1ccccc1-c1ccc2ccccc2n1. The Labute approximate surface area is 293 Å². The quantitative estimate of drug-likeness (QED) is 0.167. The van der Waals surface area contributed by atoms with Gasteiger partial charge in [0.05, 0.1) is 16.6 Å². The predicted molar refractivity (Wildman–Crippen MR) is 193 cm³/mol. The molecular weight excluding hydrogens is 767 g/mol. The van der Waals surface area contributed by atoms with Crippen molar-refractivity contribution in [3.05, 3.63) is 193 Å². The van der Waals surface area contributed by atoms with E-state index in [0.717, 1.165) is 62.2 Å². The van der Waals surface area contributed by atoms with Crippen LogP contribution >= 0.6 is 0 Å². The Balaban J connectivity index is 0.000000181. The molecule has 0 saturated heterocycles. The topological polar surface area (TPSA) is 48.1 Å². The van der Waals surface area contributed by atoms with Gasteiger partial charge in [0, 0.05) is 25.8 Å². The minimum atomic E-state index is 0. The number of para-hydroxylation sites is 7. The third-order valence-electron chi connectivity index (χ3n) is 8.04. The Morgan fingerprint density at radius 3 is 2.02 bits per heavy atom. The summed E-state index contributed by atoms with van der Waals surface area (Å²) in [6, 6.07) is 60.5. The van der Waals surface area contributed by atoms with Crippen molar-refractivity contribution in [1.29, 1.82) is 0 Å². The van der Waals surface area contributed by atoms with E-state index in [-0.39, 0.29) is 20.1 Å². The van der Waals surface area contributed by atoms with Crippen molar-refractivity contribution in [3.63, 3.8) is 0 Å². The molecule has 0 spiro atoms. The molecule has 9 rings (SSSR count). The first-order chi connectivity index (χ1) is 23.3. The monoisotopic (exact) mass is 796 g/mol. The molecule has 0 saturated carbocycles. The predicted octanol–water partition coefficient (Wildman–Crippen LogP) is 10.9. The van der Waals surface area contributed by atoms with Gasteiger partial charge in [-0.3, -0.25) is 9.55 Å². The van der Waals surface area contributed by atoms with Crippen LogP contribution in [0.3, 0.4) is 0 Å². The fourth-order valence-electron chi connectivity index (χ4n) is 5.86. The van der Waals surface area contributed by atoms with Gasteiger partial charge in [-0.2, -0.15) is 0 Å². The third kappa shape index (κ3) is 6.15. The Bertz CT molecular complexity index is 2330. The molecule has 6 aromatic carbocycles. The summed E-state index contributed by atoms with van der Waals surface area (Å²) < 4.78 is 2.18. The summed E-state index contributed by atoms with van der Waals surface area (Å²) in [6.45, 7) is 0. The standard InChI is InChI=1S/C27H19N4.C15H10N.Ir/c1-3-11-20(12-4-1)30-24-17-9-7-15-22(24)28-26(30)19-27-29-23-16-8-10-18-25(23)31(27)21-13-5-2-6-14-21;1-2-6-12(7-3-1)15-11-10-13-8-4-5-9-14(13)16-15;/h1-19H;1-6,8-11H;/q2*-1;/b26-19+;;. The van der Waals surface area contributed by atoms with Crippen molar-refractivity contribution in [3.8, 4) is 16.9 Å². The zero-order valence-electron chi connectivity index (χ0n) is 25.8. The van der Waals surface area contributed by atoms with E-state index in [0.29, 0.717) is 0 Å². The number of hydrogen-bond acceptors (Lipinski definition) is 3. The Morgan fingerprint density at radius 1 is 0.562 bits per heavy atom. The van der Waals surface area contributed by atoms with Gasteiger partial charge in [0.2, 0.25) is 0 Å². The van der Waals surface area contributed by atoms with Crippen LogP contribution in [0.1, 0.15) is 5.82 Å². The third-order valence-corrected chi connectivity index (χ3v) is 8.04. The summed E-state index contributed by atoms with van der Waals surface area (Å²) >= 11 is 0. The zero-order chi connectivity index (χ0) is 31.4. The number of anilines is 2. The Hall–Kier alpha value is -5.81. The van der Waals surface area contributed by atoms with Crippen LogP contribution in [-0.4, -0.2) is 14.5 Å². The molecule has 0 atom stereocenters. The number of rotatable bonds is 4. The second-order valence-corrected chi connectivity index (χ2v) is 11.1. The molecule has 0 unspecified atom stereocenters. The van der Waals surface area contributed by atoms with Crippen LogP contribution in [-0.2, 0) is 20.1 Å². The van der Waals surface area contributed by atoms with Gasteiger partial charge < -0.3 is 10.2 Å². The summed E-state index contributed by atoms with van der Waals surface area (Å²) in [6.07, 6.45) is 2.07. The Morgan fingerprint density at radius 2 is 1.23 bits per heavy atom. The van der Waals surface area contributed by atoms with E-state index >= 15 is 0 Å². The summed E-state index contributed by atoms with van der Waals surface area (Å²) in [4.78, 5) is 11.7. The number of fused-ring (bicyclic) bond motifs is 3. The van der Waals surface area contributed by atoms with Crippen LogP contribution in [0.2, 0.25) is 0 Å². The minimum absolute atomic E-state index is 0. The minimum Gasteiger partial charge on any atom is -0.436 e. The van der Waals surface area contributed by atoms with Crippen LogP contribution in [0.25, 0.3) is 50.3 Å². The summed E-state index contributed by atoms with van der Waals surface area (Å²) in [5, 5.41) is 6.11. The second-order valence-electron chi connectivity index (χ2n) is 11.1. The maximum Gasteiger partial charge on any atom is 0.138 e. The van der Waals surface area contributed by atoms with E-state index in [1.165, 1.54) is 5.39 Å². The molecular formula is C42H29IrN5-2. The van der Waals surface area contributed by atoms with Crippen molar-refractivity contribution in [2.75, 3.05) is 4.90 Å². The smallest absolute Gasteiger partial charge is 0.138 e. The van der Waals surface area contributed by atoms with Crippen molar-refractivity contribution in [1.82, 2.24) is 14.5 Å². The van der Waals surface area contributed by atoms with Gasteiger partial charge in [-0.25, -0.2) is 4.98 Å². The summed E-state index contributed by atoms with van der Waals surface area (Å²) in [5.41, 5.74) is 9.24. The molecule has 1 radical (unpaired) electrons. The van der Waals surface area contributed by atoms with Gasteiger partial charge >= 0.3 is 0 Å². The average molecular weight is 796 g/mol. The normalized spacial score (nSPS) is 12.6. The van der Waals surface area contributed by atoms with Crippen LogP contribution in [0, 0.1) is 6.07 Å². The summed E-state index contributed by atoms with van der Waals surface area (Å²) in [7, 11) is 0. The van der Waals surface area contributed by atoms with Gasteiger partial charge in [0.25, 0.3) is 0 Å². The average Bonchev–Trinajstić information content (AvgIpc) is 3.70. The maximum absolute atomic E-state index is 4.94. The Kier molecular flexibility index (Phi) is 8.92. The van der Waals surface area contributed by atoms with Crippen LogP contribution in [0.4, 0.5) is 17.1 Å². The largest absolute Gasteiger partial charge is 0.436 e.